The lowest BCUT2D eigenvalue weighted by molar-refractivity contribution is -0.121. The highest BCUT2D eigenvalue weighted by molar-refractivity contribution is 5.78. The van der Waals surface area contributed by atoms with E-state index in [2.05, 4.69) is 10.6 Å². The molecule has 2 fully saturated rings. The number of amides is 1. The largest absolute Gasteiger partial charge is 0.352 e. The Morgan fingerprint density at radius 3 is 2.41 bits per heavy atom. The van der Waals surface area contributed by atoms with E-state index in [-0.39, 0.29) is 5.91 Å². The maximum atomic E-state index is 11.7. The molecule has 0 aliphatic heterocycles. The summed E-state index contributed by atoms with van der Waals surface area (Å²) >= 11 is 0. The van der Waals surface area contributed by atoms with Gasteiger partial charge in [-0.1, -0.05) is 38.5 Å². The Morgan fingerprint density at radius 1 is 1.00 bits per heavy atom. The molecule has 0 heterocycles. The van der Waals surface area contributed by atoms with Crippen molar-refractivity contribution in [1.29, 1.82) is 0 Å². The number of hydrogen-bond acceptors (Lipinski definition) is 2. The first-order chi connectivity index (χ1) is 8.34. The Balaban J connectivity index is 1.47. The third-order valence-electron chi connectivity index (χ3n) is 4.21. The average molecular weight is 238 g/mol. The Morgan fingerprint density at radius 2 is 1.76 bits per heavy atom. The van der Waals surface area contributed by atoms with Crippen molar-refractivity contribution in [3.63, 3.8) is 0 Å². The van der Waals surface area contributed by atoms with E-state index in [1.807, 2.05) is 0 Å². The van der Waals surface area contributed by atoms with Crippen LogP contribution in [0.5, 0.6) is 0 Å². The van der Waals surface area contributed by atoms with Crippen molar-refractivity contribution in [2.75, 3.05) is 13.1 Å². The third kappa shape index (κ3) is 4.66. The van der Waals surface area contributed by atoms with Crippen LogP contribution in [-0.4, -0.2) is 25.0 Å². The molecule has 2 N–H and O–H groups in total. The monoisotopic (exact) mass is 238 g/mol. The van der Waals surface area contributed by atoms with Crippen LogP contribution >= 0.6 is 0 Å². The van der Waals surface area contributed by atoms with Crippen LogP contribution in [0.2, 0.25) is 0 Å². The van der Waals surface area contributed by atoms with Gasteiger partial charge in [0.15, 0.2) is 0 Å². The minimum Gasteiger partial charge on any atom is -0.352 e. The van der Waals surface area contributed by atoms with Gasteiger partial charge in [0.1, 0.15) is 0 Å². The topological polar surface area (TPSA) is 41.1 Å². The molecule has 2 rings (SSSR count). The van der Waals surface area contributed by atoms with Gasteiger partial charge in [0.05, 0.1) is 6.54 Å². The smallest absolute Gasteiger partial charge is 0.234 e. The van der Waals surface area contributed by atoms with Crippen LogP contribution in [0, 0.1) is 5.92 Å². The SMILES string of the molecule is O=C(CNCCC1CCC1)NC1CCCCC1. The standard InChI is InChI=1S/C14H26N2O/c17-14(16-13-7-2-1-3-8-13)11-15-10-9-12-5-4-6-12/h12-13,15H,1-11H2,(H,16,17). The van der Waals surface area contributed by atoms with Crippen molar-refractivity contribution in [1.82, 2.24) is 10.6 Å². The Bertz CT molecular complexity index is 232. The highest BCUT2D eigenvalue weighted by Crippen LogP contribution is 2.28. The number of rotatable bonds is 6. The van der Waals surface area contributed by atoms with Crippen molar-refractivity contribution < 1.29 is 4.79 Å². The molecule has 3 nitrogen and oxygen atoms in total. The highest BCUT2D eigenvalue weighted by Gasteiger charge is 2.17. The molecule has 1 amide bonds. The molecular formula is C14H26N2O. The highest BCUT2D eigenvalue weighted by atomic mass is 16.1. The molecule has 98 valence electrons. The summed E-state index contributed by atoms with van der Waals surface area (Å²) in [6.45, 7) is 1.51. The van der Waals surface area contributed by atoms with Crippen LogP contribution in [-0.2, 0) is 4.79 Å². The van der Waals surface area contributed by atoms with E-state index in [4.69, 9.17) is 0 Å². The second-order valence-corrected chi connectivity index (χ2v) is 5.66. The van der Waals surface area contributed by atoms with Gasteiger partial charge in [-0.3, -0.25) is 4.79 Å². The second kappa shape index (κ2) is 7.00. The van der Waals surface area contributed by atoms with Gasteiger partial charge in [-0.15, -0.1) is 0 Å². The molecule has 3 heteroatoms. The van der Waals surface area contributed by atoms with Crippen LogP contribution in [0.4, 0.5) is 0 Å². The van der Waals surface area contributed by atoms with Crippen molar-refractivity contribution in [2.45, 2.75) is 63.8 Å². The number of nitrogens with one attached hydrogen (secondary N) is 2. The molecule has 0 aromatic carbocycles. The molecule has 17 heavy (non-hydrogen) atoms. The quantitative estimate of drug-likeness (QED) is 0.697. The first-order valence-corrected chi connectivity index (χ1v) is 7.34. The summed E-state index contributed by atoms with van der Waals surface area (Å²) in [6.07, 6.45) is 11.7. The lowest BCUT2D eigenvalue weighted by atomic mass is 9.83. The van der Waals surface area contributed by atoms with E-state index < -0.39 is 0 Å². The van der Waals surface area contributed by atoms with E-state index in [9.17, 15) is 4.79 Å². The molecule has 0 unspecified atom stereocenters. The zero-order chi connectivity index (χ0) is 11.9. The molecule has 0 spiro atoms. The van der Waals surface area contributed by atoms with Crippen molar-refractivity contribution in [2.24, 2.45) is 5.92 Å². The van der Waals surface area contributed by atoms with Gasteiger partial charge >= 0.3 is 0 Å². The summed E-state index contributed by atoms with van der Waals surface area (Å²) in [6, 6.07) is 0.449. The van der Waals surface area contributed by atoms with Crippen LogP contribution < -0.4 is 10.6 Å². The first kappa shape index (κ1) is 12.9. The van der Waals surface area contributed by atoms with Crippen molar-refractivity contribution in [3.05, 3.63) is 0 Å². The predicted molar refractivity (Wildman–Crippen MR) is 69.8 cm³/mol. The van der Waals surface area contributed by atoms with Gasteiger partial charge in [-0.25, -0.2) is 0 Å². The Kier molecular flexibility index (Phi) is 5.30. The van der Waals surface area contributed by atoms with E-state index >= 15 is 0 Å². The number of carbonyl (C=O) groups is 1. The van der Waals surface area contributed by atoms with Crippen LogP contribution in [0.15, 0.2) is 0 Å². The molecule has 0 bridgehead atoms. The fraction of sp³-hybridized carbons (Fsp3) is 0.929. The van der Waals surface area contributed by atoms with Crippen molar-refractivity contribution >= 4 is 5.91 Å². The summed E-state index contributed by atoms with van der Waals surface area (Å²) < 4.78 is 0. The van der Waals surface area contributed by atoms with Gasteiger partial charge in [0.2, 0.25) is 5.91 Å². The zero-order valence-electron chi connectivity index (χ0n) is 10.8. The Labute approximate surface area is 105 Å². The zero-order valence-corrected chi connectivity index (χ0v) is 10.8. The minimum atomic E-state index is 0.186. The van der Waals surface area contributed by atoms with Crippen molar-refractivity contribution in [3.8, 4) is 0 Å². The summed E-state index contributed by atoms with van der Waals surface area (Å²) in [5, 5.41) is 6.40. The van der Waals surface area contributed by atoms with E-state index in [1.165, 1.54) is 57.8 Å². The van der Waals surface area contributed by atoms with E-state index in [0.29, 0.717) is 12.6 Å². The normalized spacial score (nSPS) is 22.1. The number of hydrogen-bond donors (Lipinski definition) is 2. The van der Waals surface area contributed by atoms with Gasteiger partial charge in [-0.2, -0.15) is 0 Å². The second-order valence-electron chi connectivity index (χ2n) is 5.66. The average Bonchev–Trinajstić information content (AvgIpc) is 2.27. The summed E-state index contributed by atoms with van der Waals surface area (Å²) in [5.74, 6) is 1.12. The van der Waals surface area contributed by atoms with Gasteiger partial charge < -0.3 is 10.6 Å². The predicted octanol–water partition coefficient (Wildman–Crippen LogP) is 2.22. The molecule has 2 saturated carbocycles. The fourth-order valence-electron chi connectivity index (χ4n) is 2.82. The number of carbonyl (C=O) groups excluding carboxylic acids is 1. The first-order valence-electron chi connectivity index (χ1n) is 7.34. The maximum Gasteiger partial charge on any atom is 0.234 e. The minimum absolute atomic E-state index is 0.186. The third-order valence-corrected chi connectivity index (χ3v) is 4.21. The van der Waals surface area contributed by atoms with Gasteiger partial charge in [-0.05, 0) is 31.7 Å². The molecular weight excluding hydrogens is 212 g/mol. The van der Waals surface area contributed by atoms with Crippen LogP contribution in [0.25, 0.3) is 0 Å². The molecule has 0 saturated heterocycles. The molecule has 0 aromatic heterocycles. The molecule has 0 atom stereocenters. The van der Waals surface area contributed by atoms with Gasteiger partial charge in [0, 0.05) is 6.04 Å². The molecule has 2 aliphatic rings. The maximum absolute atomic E-state index is 11.7. The lowest BCUT2D eigenvalue weighted by Crippen LogP contribution is -2.41. The molecule has 2 aliphatic carbocycles. The lowest BCUT2D eigenvalue weighted by Gasteiger charge is -2.25. The summed E-state index contributed by atoms with van der Waals surface area (Å²) in [4.78, 5) is 11.7. The Hall–Kier alpha value is -0.570. The summed E-state index contributed by atoms with van der Waals surface area (Å²) in [5.41, 5.74) is 0. The van der Waals surface area contributed by atoms with Crippen LogP contribution in [0.1, 0.15) is 57.8 Å². The van der Waals surface area contributed by atoms with Crippen LogP contribution in [0.3, 0.4) is 0 Å². The van der Waals surface area contributed by atoms with E-state index in [1.54, 1.807) is 0 Å². The molecule has 0 radical (unpaired) electrons. The summed E-state index contributed by atoms with van der Waals surface area (Å²) in [7, 11) is 0. The molecule has 0 aromatic rings. The van der Waals surface area contributed by atoms with E-state index in [0.717, 1.165) is 12.5 Å². The fourth-order valence-corrected chi connectivity index (χ4v) is 2.82. The van der Waals surface area contributed by atoms with Gasteiger partial charge in [0.25, 0.3) is 0 Å².